The van der Waals surface area contributed by atoms with Crippen LogP contribution in [0.4, 0.5) is 11.5 Å². The number of rotatable bonds is 5. The molecule has 0 spiro atoms. The molecule has 0 radical (unpaired) electrons. The Kier molecular flexibility index (Phi) is 4.99. The summed E-state index contributed by atoms with van der Waals surface area (Å²) in [6.45, 7) is 8.03. The number of hydrogen-bond donors (Lipinski definition) is 1. The average Bonchev–Trinajstić information content (AvgIpc) is 2.47. The zero-order valence-electron chi connectivity index (χ0n) is 15.3. The topological polar surface area (TPSA) is 61.4 Å². The molecular weight excluding hydrogens is 314 g/mol. The van der Waals surface area contributed by atoms with Crippen LogP contribution < -0.4 is 10.2 Å². The van der Waals surface area contributed by atoms with E-state index in [1.54, 1.807) is 0 Å². The Morgan fingerprint density at radius 2 is 1.96 bits per heavy atom. The lowest BCUT2D eigenvalue weighted by Gasteiger charge is -2.44. The van der Waals surface area contributed by atoms with Gasteiger partial charge in [0.1, 0.15) is 11.6 Å². The normalized spacial score (nSPS) is 14.5. The lowest BCUT2D eigenvalue weighted by molar-refractivity contribution is -0.117. The molecule has 1 saturated heterocycles. The van der Waals surface area contributed by atoms with Gasteiger partial charge >= 0.3 is 0 Å². The molecule has 0 atom stereocenters. The highest BCUT2D eigenvalue weighted by Gasteiger charge is 2.31. The Hall–Kier alpha value is -2.47. The van der Waals surface area contributed by atoms with Gasteiger partial charge in [0.2, 0.25) is 5.91 Å². The van der Waals surface area contributed by atoms with Crippen LogP contribution in [0.5, 0.6) is 0 Å². The van der Waals surface area contributed by atoms with E-state index in [1.807, 2.05) is 58.2 Å². The van der Waals surface area contributed by atoms with Gasteiger partial charge in [-0.15, -0.1) is 0 Å². The van der Waals surface area contributed by atoms with Crippen LogP contribution in [-0.4, -0.2) is 53.5 Å². The Bertz CT molecular complexity index is 750. The SMILES string of the molecule is Cc1cc(N2CC(N(C)CC(=O)Nc3ccccc3C)C2)nc(C)n1. The molecule has 0 bridgehead atoms. The second-order valence-corrected chi connectivity index (χ2v) is 6.75. The number of anilines is 2. The van der Waals surface area contributed by atoms with Gasteiger partial charge < -0.3 is 10.2 Å². The third-order valence-corrected chi connectivity index (χ3v) is 4.57. The van der Waals surface area contributed by atoms with Gasteiger partial charge in [-0.25, -0.2) is 9.97 Å². The molecule has 2 heterocycles. The molecule has 1 N–H and O–H groups in total. The number of aromatic nitrogens is 2. The van der Waals surface area contributed by atoms with Gasteiger partial charge in [0.15, 0.2) is 0 Å². The van der Waals surface area contributed by atoms with Crippen LogP contribution in [0.2, 0.25) is 0 Å². The number of carbonyl (C=O) groups is 1. The van der Waals surface area contributed by atoms with E-state index in [-0.39, 0.29) is 5.91 Å². The predicted octanol–water partition coefficient (Wildman–Crippen LogP) is 2.16. The molecule has 1 amide bonds. The number of amides is 1. The van der Waals surface area contributed by atoms with E-state index in [0.717, 1.165) is 41.7 Å². The van der Waals surface area contributed by atoms with Crippen LogP contribution in [0.1, 0.15) is 17.1 Å². The first kappa shape index (κ1) is 17.4. The van der Waals surface area contributed by atoms with E-state index in [1.165, 1.54) is 0 Å². The minimum Gasteiger partial charge on any atom is -0.353 e. The highest BCUT2D eigenvalue weighted by molar-refractivity contribution is 5.92. The van der Waals surface area contributed by atoms with Crippen molar-refractivity contribution >= 4 is 17.4 Å². The fourth-order valence-corrected chi connectivity index (χ4v) is 3.04. The minimum absolute atomic E-state index is 0.0176. The summed E-state index contributed by atoms with van der Waals surface area (Å²) in [7, 11) is 2.00. The maximum atomic E-state index is 12.3. The van der Waals surface area contributed by atoms with E-state index in [0.29, 0.717) is 12.6 Å². The van der Waals surface area contributed by atoms with E-state index in [4.69, 9.17) is 0 Å². The van der Waals surface area contributed by atoms with Gasteiger partial charge in [-0.1, -0.05) is 18.2 Å². The number of nitrogens with zero attached hydrogens (tertiary/aromatic N) is 4. The molecule has 1 fully saturated rings. The van der Waals surface area contributed by atoms with Crippen molar-refractivity contribution in [2.24, 2.45) is 0 Å². The van der Waals surface area contributed by atoms with Gasteiger partial charge in [0.25, 0.3) is 0 Å². The first-order chi connectivity index (χ1) is 11.9. The zero-order valence-corrected chi connectivity index (χ0v) is 15.3. The Balaban J connectivity index is 1.51. The smallest absolute Gasteiger partial charge is 0.238 e. The molecule has 1 aromatic heterocycles. The average molecular weight is 339 g/mol. The number of nitrogens with one attached hydrogen (secondary N) is 1. The number of carbonyl (C=O) groups excluding carboxylic acids is 1. The van der Waals surface area contributed by atoms with Gasteiger partial charge in [-0.3, -0.25) is 9.69 Å². The third kappa shape index (κ3) is 4.14. The van der Waals surface area contributed by atoms with Crippen molar-refractivity contribution < 1.29 is 4.79 Å². The summed E-state index contributed by atoms with van der Waals surface area (Å²) in [5.74, 6) is 1.78. The quantitative estimate of drug-likeness (QED) is 0.904. The lowest BCUT2D eigenvalue weighted by Crippen LogP contribution is -2.59. The number of para-hydroxylation sites is 1. The fourth-order valence-electron chi connectivity index (χ4n) is 3.04. The molecule has 1 aliphatic rings. The molecule has 0 unspecified atom stereocenters. The van der Waals surface area contributed by atoms with E-state index in [2.05, 4.69) is 25.1 Å². The second kappa shape index (κ2) is 7.19. The van der Waals surface area contributed by atoms with Gasteiger partial charge in [-0.2, -0.15) is 0 Å². The molecule has 1 aromatic carbocycles. The van der Waals surface area contributed by atoms with Crippen molar-refractivity contribution in [3.8, 4) is 0 Å². The lowest BCUT2D eigenvalue weighted by atomic mass is 10.1. The summed E-state index contributed by atoms with van der Waals surface area (Å²) >= 11 is 0. The van der Waals surface area contributed by atoms with E-state index < -0.39 is 0 Å². The van der Waals surface area contributed by atoms with Crippen LogP contribution in [-0.2, 0) is 4.79 Å². The molecule has 25 heavy (non-hydrogen) atoms. The molecule has 132 valence electrons. The van der Waals surface area contributed by atoms with Gasteiger partial charge in [0, 0.05) is 36.6 Å². The molecule has 6 nitrogen and oxygen atoms in total. The van der Waals surface area contributed by atoms with Crippen molar-refractivity contribution in [2.75, 3.05) is 36.9 Å². The summed E-state index contributed by atoms with van der Waals surface area (Å²) in [4.78, 5) is 25.4. The molecule has 2 aromatic rings. The molecule has 0 saturated carbocycles. The summed E-state index contributed by atoms with van der Waals surface area (Å²) in [6, 6.07) is 10.2. The zero-order chi connectivity index (χ0) is 18.0. The Morgan fingerprint density at radius 3 is 2.64 bits per heavy atom. The number of hydrogen-bond acceptors (Lipinski definition) is 5. The summed E-state index contributed by atoms with van der Waals surface area (Å²) in [5, 5.41) is 2.99. The van der Waals surface area contributed by atoms with Crippen LogP contribution in [0.3, 0.4) is 0 Å². The van der Waals surface area contributed by atoms with Crippen LogP contribution in [0.25, 0.3) is 0 Å². The molecular formula is C19H25N5O. The fraction of sp³-hybridized carbons (Fsp3) is 0.421. The standard InChI is InChI=1S/C19H25N5O/c1-13-7-5-6-8-17(13)22-19(25)12-23(4)16-10-24(11-16)18-9-14(2)20-15(3)21-18/h5-9,16H,10-12H2,1-4H3,(H,22,25). The van der Waals surface area contributed by atoms with Crippen molar-refractivity contribution in [1.82, 2.24) is 14.9 Å². The van der Waals surface area contributed by atoms with Gasteiger partial charge in [0.05, 0.1) is 6.54 Å². The number of aryl methyl sites for hydroxylation is 3. The molecule has 6 heteroatoms. The molecule has 1 aliphatic heterocycles. The highest BCUT2D eigenvalue weighted by Crippen LogP contribution is 2.22. The number of benzene rings is 1. The first-order valence-corrected chi connectivity index (χ1v) is 8.55. The Labute approximate surface area is 148 Å². The first-order valence-electron chi connectivity index (χ1n) is 8.55. The van der Waals surface area contributed by atoms with E-state index in [9.17, 15) is 4.79 Å². The van der Waals surface area contributed by atoms with Crippen molar-refractivity contribution in [2.45, 2.75) is 26.8 Å². The third-order valence-electron chi connectivity index (χ3n) is 4.57. The van der Waals surface area contributed by atoms with Crippen LogP contribution in [0.15, 0.2) is 30.3 Å². The highest BCUT2D eigenvalue weighted by atomic mass is 16.2. The van der Waals surface area contributed by atoms with Gasteiger partial charge in [-0.05, 0) is 39.4 Å². The van der Waals surface area contributed by atoms with Crippen molar-refractivity contribution in [3.05, 3.63) is 47.4 Å². The summed E-state index contributed by atoms with van der Waals surface area (Å²) in [6.07, 6.45) is 0. The second-order valence-electron chi connectivity index (χ2n) is 6.75. The predicted molar refractivity (Wildman–Crippen MR) is 99.9 cm³/mol. The molecule has 0 aliphatic carbocycles. The van der Waals surface area contributed by atoms with Crippen molar-refractivity contribution in [1.29, 1.82) is 0 Å². The van der Waals surface area contributed by atoms with Crippen LogP contribution in [0, 0.1) is 20.8 Å². The Morgan fingerprint density at radius 1 is 1.24 bits per heavy atom. The van der Waals surface area contributed by atoms with Crippen LogP contribution >= 0.6 is 0 Å². The van der Waals surface area contributed by atoms with E-state index >= 15 is 0 Å². The monoisotopic (exact) mass is 339 g/mol. The number of likely N-dealkylation sites (N-methyl/N-ethyl adjacent to an activating group) is 1. The summed E-state index contributed by atoms with van der Waals surface area (Å²) in [5.41, 5.74) is 2.93. The maximum absolute atomic E-state index is 12.3. The van der Waals surface area contributed by atoms with Crippen molar-refractivity contribution in [3.63, 3.8) is 0 Å². The molecule has 3 rings (SSSR count). The summed E-state index contributed by atoms with van der Waals surface area (Å²) < 4.78 is 0. The largest absolute Gasteiger partial charge is 0.353 e. The minimum atomic E-state index is 0.0176. The maximum Gasteiger partial charge on any atom is 0.238 e.